The minimum absolute atomic E-state index is 0.0838. The number of likely N-dealkylation sites (N-methyl/N-ethyl adjacent to an activating group) is 1. The molecule has 1 spiro atoms. The second-order valence-corrected chi connectivity index (χ2v) is 6.66. The van der Waals surface area contributed by atoms with Gasteiger partial charge in [0.15, 0.2) is 0 Å². The second kappa shape index (κ2) is 4.22. The largest absolute Gasteiger partial charge is 0.485 e. The van der Waals surface area contributed by atoms with Crippen LogP contribution in [0.5, 0.6) is 5.75 Å². The Hall–Kier alpha value is -0.580. The first-order valence-corrected chi connectivity index (χ1v) is 7.23. The minimum atomic E-state index is -0.0959. The monoisotopic (exact) mass is 310 g/mol. The molecule has 0 saturated carbocycles. The van der Waals surface area contributed by atoms with Crippen molar-refractivity contribution < 1.29 is 4.74 Å². The first-order valence-electron chi connectivity index (χ1n) is 6.43. The average molecular weight is 311 g/mol. The van der Waals surface area contributed by atoms with Crippen LogP contribution in [0.1, 0.15) is 31.4 Å². The van der Waals surface area contributed by atoms with Crippen molar-refractivity contribution in [3.8, 4) is 5.75 Å². The molecule has 0 amide bonds. The predicted octanol–water partition coefficient (Wildman–Crippen LogP) is 2.69. The Morgan fingerprint density at radius 1 is 1.44 bits per heavy atom. The van der Waals surface area contributed by atoms with Gasteiger partial charge in [0.05, 0.1) is 0 Å². The number of ether oxygens (including phenoxy) is 1. The van der Waals surface area contributed by atoms with Gasteiger partial charge in [0.2, 0.25) is 0 Å². The number of nitrogens with zero attached hydrogens (tertiary/aromatic N) is 1. The van der Waals surface area contributed by atoms with Crippen LogP contribution in [0, 0.1) is 0 Å². The van der Waals surface area contributed by atoms with Crippen LogP contribution >= 0.6 is 15.9 Å². The maximum atomic E-state index is 6.33. The average Bonchev–Trinajstić information content (AvgIpc) is 2.52. The summed E-state index contributed by atoms with van der Waals surface area (Å²) in [5, 5.41) is 0. The number of hydrogen-bond acceptors (Lipinski definition) is 3. The van der Waals surface area contributed by atoms with E-state index in [0.717, 1.165) is 35.2 Å². The normalized spacial score (nSPS) is 35.6. The lowest BCUT2D eigenvalue weighted by Gasteiger charge is -2.38. The molecular weight excluding hydrogens is 292 g/mol. The lowest BCUT2D eigenvalue weighted by molar-refractivity contribution is 0.0463. The Balaban J connectivity index is 1.96. The van der Waals surface area contributed by atoms with Gasteiger partial charge in [-0.15, -0.1) is 0 Å². The summed E-state index contributed by atoms with van der Waals surface area (Å²) in [7, 11) is 2.16. The van der Waals surface area contributed by atoms with E-state index in [1.54, 1.807) is 0 Å². The molecule has 2 N–H and O–H groups in total. The molecule has 1 aromatic carbocycles. The zero-order chi connectivity index (χ0) is 12.9. The molecule has 1 aromatic rings. The first kappa shape index (κ1) is 12.5. The fraction of sp³-hybridized carbons (Fsp3) is 0.571. The van der Waals surface area contributed by atoms with Gasteiger partial charge in [0, 0.05) is 41.5 Å². The van der Waals surface area contributed by atoms with Gasteiger partial charge in [0.1, 0.15) is 11.4 Å². The third-order valence-corrected chi connectivity index (χ3v) is 4.74. The van der Waals surface area contributed by atoms with E-state index in [1.165, 1.54) is 0 Å². The molecule has 98 valence electrons. The number of benzene rings is 1. The molecule has 2 aliphatic heterocycles. The van der Waals surface area contributed by atoms with Crippen molar-refractivity contribution in [1.82, 2.24) is 4.90 Å². The van der Waals surface area contributed by atoms with Crippen LogP contribution in [-0.4, -0.2) is 30.1 Å². The lowest BCUT2D eigenvalue weighted by atomic mass is 9.86. The summed E-state index contributed by atoms with van der Waals surface area (Å²) in [6.07, 6.45) is 1.97. The van der Waals surface area contributed by atoms with Gasteiger partial charge >= 0.3 is 0 Å². The summed E-state index contributed by atoms with van der Waals surface area (Å²) >= 11 is 3.50. The topological polar surface area (TPSA) is 38.5 Å². The van der Waals surface area contributed by atoms with Crippen LogP contribution in [-0.2, 0) is 0 Å². The molecule has 0 bridgehead atoms. The highest BCUT2D eigenvalue weighted by Gasteiger charge is 2.46. The summed E-state index contributed by atoms with van der Waals surface area (Å²) in [6.45, 7) is 3.22. The molecule has 18 heavy (non-hydrogen) atoms. The smallest absolute Gasteiger partial charge is 0.126 e. The molecule has 0 radical (unpaired) electrons. The first-order chi connectivity index (χ1) is 8.49. The number of fused-ring (bicyclic) bond motifs is 1. The number of halogens is 1. The van der Waals surface area contributed by atoms with Crippen molar-refractivity contribution >= 4 is 15.9 Å². The van der Waals surface area contributed by atoms with Gasteiger partial charge in [0.25, 0.3) is 0 Å². The molecule has 3 rings (SSSR count). The third kappa shape index (κ3) is 1.96. The number of hydrogen-bond donors (Lipinski definition) is 1. The Labute approximate surface area is 116 Å². The quantitative estimate of drug-likeness (QED) is 0.800. The summed E-state index contributed by atoms with van der Waals surface area (Å²) in [4.78, 5) is 2.36. The molecule has 1 saturated heterocycles. The molecule has 3 atom stereocenters. The van der Waals surface area contributed by atoms with Gasteiger partial charge < -0.3 is 10.5 Å². The third-order valence-electron chi connectivity index (χ3n) is 4.25. The Morgan fingerprint density at radius 2 is 2.22 bits per heavy atom. The van der Waals surface area contributed by atoms with Crippen molar-refractivity contribution in [2.45, 2.75) is 37.5 Å². The van der Waals surface area contributed by atoms with Gasteiger partial charge in [-0.3, -0.25) is 4.90 Å². The zero-order valence-electron chi connectivity index (χ0n) is 10.8. The second-order valence-electron chi connectivity index (χ2n) is 5.75. The van der Waals surface area contributed by atoms with Crippen LogP contribution in [0.15, 0.2) is 22.7 Å². The fourth-order valence-corrected chi connectivity index (χ4v) is 3.62. The lowest BCUT2D eigenvalue weighted by Crippen LogP contribution is -2.44. The highest BCUT2D eigenvalue weighted by Crippen LogP contribution is 2.44. The molecule has 2 unspecified atom stereocenters. The standard InChI is InChI=1S/C14H19BrN2O/c1-9-6-14(8-17(9)2)7-12(16)11-4-3-10(15)5-13(11)18-14/h3-5,9,12H,6-8,16H2,1-2H3/t9?,12-,14?/m1/s1. The van der Waals surface area contributed by atoms with Crippen LogP contribution in [0.4, 0.5) is 0 Å². The van der Waals surface area contributed by atoms with E-state index < -0.39 is 0 Å². The maximum absolute atomic E-state index is 6.33. The molecule has 0 aromatic heterocycles. The molecular formula is C14H19BrN2O. The molecule has 2 heterocycles. The van der Waals surface area contributed by atoms with E-state index >= 15 is 0 Å². The van der Waals surface area contributed by atoms with Gasteiger partial charge in [-0.2, -0.15) is 0 Å². The van der Waals surface area contributed by atoms with Crippen molar-refractivity contribution in [3.05, 3.63) is 28.2 Å². The SMILES string of the molecule is CC1CC2(C[C@@H](N)c3ccc(Br)cc3O2)CN1C. The zero-order valence-corrected chi connectivity index (χ0v) is 12.4. The molecule has 4 heteroatoms. The van der Waals surface area contributed by atoms with Crippen molar-refractivity contribution in [2.75, 3.05) is 13.6 Å². The van der Waals surface area contributed by atoms with Gasteiger partial charge in [-0.05, 0) is 26.1 Å². The van der Waals surface area contributed by atoms with E-state index in [-0.39, 0.29) is 11.6 Å². The van der Waals surface area contributed by atoms with Crippen LogP contribution in [0.2, 0.25) is 0 Å². The van der Waals surface area contributed by atoms with E-state index in [1.807, 2.05) is 12.1 Å². The van der Waals surface area contributed by atoms with Crippen molar-refractivity contribution in [1.29, 1.82) is 0 Å². The molecule has 2 aliphatic rings. The fourth-order valence-electron chi connectivity index (χ4n) is 3.28. The molecule has 0 aliphatic carbocycles. The summed E-state index contributed by atoms with van der Waals surface area (Å²) in [6, 6.07) is 6.79. The minimum Gasteiger partial charge on any atom is -0.485 e. The van der Waals surface area contributed by atoms with E-state index in [9.17, 15) is 0 Å². The number of rotatable bonds is 0. The van der Waals surface area contributed by atoms with E-state index in [2.05, 4.69) is 40.9 Å². The Morgan fingerprint density at radius 3 is 2.89 bits per heavy atom. The summed E-state index contributed by atoms with van der Waals surface area (Å²) in [5.74, 6) is 0.950. The predicted molar refractivity (Wildman–Crippen MR) is 75.8 cm³/mol. The van der Waals surface area contributed by atoms with Gasteiger partial charge in [-0.25, -0.2) is 0 Å². The van der Waals surface area contributed by atoms with Crippen LogP contribution < -0.4 is 10.5 Å². The maximum Gasteiger partial charge on any atom is 0.126 e. The highest BCUT2D eigenvalue weighted by atomic mass is 79.9. The van der Waals surface area contributed by atoms with Crippen LogP contribution in [0.3, 0.4) is 0 Å². The Bertz CT molecular complexity index is 467. The number of likely N-dealkylation sites (tertiary alicyclic amines) is 1. The summed E-state index contributed by atoms with van der Waals surface area (Å²) < 4.78 is 7.37. The number of nitrogens with two attached hydrogens (primary N) is 1. The summed E-state index contributed by atoms with van der Waals surface area (Å²) in [5.41, 5.74) is 7.36. The van der Waals surface area contributed by atoms with E-state index in [4.69, 9.17) is 10.5 Å². The van der Waals surface area contributed by atoms with E-state index in [0.29, 0.717) is 6.04 Å². The van der Waals surface area contributed by atoms with Crippen molar-refractivity contribution in [2.24, 2.45) is 5.73 Å². The molecule has 3 nitrogen and oxygen atoms in total. The Kier molecular flexibility index (Phi) is 2.92. The van der Waals surface area contributed by atoms with Crippen molar-refractivity contribution in [3.63, 3.8) is 0 Å². The van der Waals surface area contributed by atoms with Crippen LogP contribution in [0.25, 0.3) is 0 Å². The molecule has 1 fully saturated rings. The highest BCUT2D eigenvalue weighted by molar-refractivity contribution is 9.10. The van der Waals surface area contributed by atoms with Gasteiger partial charge in [-0.1, -0.05) is 22.0 Å².